The van der Waals surface area contributed by atoms with E-state index in [-0.39, 0.29) is 52.0 Å². The number of carboxylic acid groups (broad SMARTS) is 1. The number of amides is 7. The van der Waals surface area contributed by atoms with E-state index in [4.69, 9.17) is 19.3 Å². The van der Waals surface area contributed by atoms with Crippen LogP contribution < -0.4 is 37.2 Å². The predicted molar refractivity (Wildman–Crippen MR) is 199 cm³/mol. The molecule has 0 aromatic heterocycles. The van der Waals surface area contributed by atoms with Crippen molar-refractivity contribution in [2.45, 2.75) is 77.4 Å². The lowest BCUT2D eigenvalue weighted by molar-refractivity contribution is -0.138. The molecule has 19 heteroatoms. The fourth-order valence-electron chi connectivity index (χ4n) is 4.59. The first-order valence-corrected chi connectivity index (χ1v) is 17.8. The smallest absolute Gasteiger partial charge is 0.408 e. The molecule has 0 fully saturated rings. The Labute approximate surface area is 324 Å². The third-order valence-corrected chi connectivity index (χ3v) is 7.25. The Morgan fingerprint density at radius 3 is 1.48 bits per heavy atom. The van der Waals surface area contributed by atoms with Gasteiger partial charge in [0.05, 0.1) is 13.1 Å². The number of rotatable bonds is 22. The summed E-state index contributed by atoms with van der Waals surface area (Å²) in [7, 11) is 0. The lowest BCUT2D eigenvalue weighted by Crippen LogP contribution is -2.52. The highest BCUT2D eigenvalue weighted by Gasteiger charge is 2.25. The van der Waals surface area contributed by atoms with Crippen molar-refractivity contribution in [1.82, 2.24) is 37.2 Å². The summed E-state index contributed by atoms with van der Waals surface area (Å²) in [6.45, 7) is 3.33. The van der Waals surface area contributed by atoms with Crippen molar-refractivity contribution in [2.24, 2.45) is 0 Å². The summed E-state index contributed by atoms with van der Waals surface area (Å²) in [6, 6.07) is 15.7. The highest BCUT2D eigenvalue weighted by molar-refractivity contribution is 5.93. The average molecular weight is 786 g/mol. The quantitative estimate of drug-likeness (QED) is 0.0619. The molecule has 0 spiro atoms. The third-order valence-electron chi connectivity index (χ3n) is 7.25. The second kappa shape index (κ2) is 24.8. The highest BCUT2D eigenvalue weighted by Crippen LogP contribution is 2.08. The minimum atomic E-state index is -1.31. The molecule has 19 nitrogen and oxygen atoms in total. The summed E-state index contributed by atoms with van der Waals surface area (Å²) >= 11 is 0. The molecule has 0 saturated carbocycles. The second-order valence-corrected chi connectivity index (χ2v) is 13.2. The number of hydrogen-bond acceptors (Lipinski definition) is 11. The number of alkyl carbamates (subject to hydrolysis) is 3. The largest absolute Gasteiger partial charge is 0.480 e. The molecule has 2 rings (SSSR count). The van der Waals surface area contributed by atoms with Crippen molar-refractivity contribution in [1.29, 1.82) is 0 Å². The first kappa shape index (κ1) is 45.8. The van der Waals surface area contributed by atoms with E-state index in [0.29, 0.717) is 0 Å². The molecule has 7 amide bonds. The van der Waals surface area contributed by atoms with Crippen LogP contribution >= 0.6 is 0 Å². The molecule has 0 aliphatic heterocycles. The van der Waals surface area contributed by atoms with E-state index in [1.807, 2.05) is 24.3 Å². The number of carbonyl (C=O) groups is 8. The molecule has 2 atom stereocenters. The maximum atomic E-state index is 13.0. The van der Waals surface area contributed by atoms with Crippen LogP contribution in [-0.2, 0) is 51.4 Å². The maximum Gasteiger partial charge on any atom is 0.408 e. The van der Waals surface area contributed by atoms with Crippen molar-refractivity contribution < 1.29 is 57.7 Å². The van der Waals surface area contributed by atoms with Gasteiger partial charge < -0.3 is 56.5 Å². The Bertz CT molecular complexity index is 1600. The lowest BCUT2D eigenvalue weighted by atomic mass is 10.1. The summed E-state index contributed by atoms with van der Waals surface area (Å²) in [5.74, 6) is -4.42. The van der Waals surface area contributed by atoms with Crippen molar-refractivity contribution in [2.75, 3.05) is 32.7 Å². The van der Waals surface area contributed by atoms with Gasteiger partial charge in [-0.05, 0) is 57.6 Å². The van der Waals surface area contributed by atoms with Crippen LogP contribution in [-0.4, -0.2) is 103 Å². The van der Waals surface area contributed by atoms with Gasteiger partial charge in [0.25, 0.3) is 0 Å². The van der Waals surface area contributed by atoms with Gasteiger partial charge in [0.1, 0.15) is 37.4 Å². The number of aliphatic carboxylic acids is 1. The van der Waals surface area contributed by atoms with Crippen molar-refractivity contribution >= 4 is 47.9 Å². The molecule has 8 N–H and O–H groups in total. The van der Waals surface area contributed by atoms with E-state index < -0.39 is 85.2 Å². The van der Waals surface area contributed by atoms with Crippen molar-refractivity contribution in [3.05, 3.63) is 71.8 Å². The van der Waals surface area contributed by atoms with Gasteiger partial charge in [0.2, 0.25) is 23.6 Å². The van der Waals surface area contributed by atoms with Gasteiger partial charge in [-0.1, -0.05) is 60.7 Å². The molecular weight excluding hydrogens is 734 g/mol. The molecule has 0 bridgehead atoms. The Morgan fingerprint density at radius 1 is 0.571 bits per heavy atom. The number of carboxylic acids is 1. The number of ether oxygens (including phenoxy) is 3. The van der Waals surface area contributed by atoms with Crippen LogP contribution in [0.3, 0.4) is 0 Å². The maximum absolute atomic E-state index is 13.0. The van der Waals surface area contributed by atoms with Crippen LogP contribution in [0.25, 0.3) is 0 Å². The van der Waals surface area contributed by atoms with Gasteiger partial charge in [-0.25, -0.2) is 14.4 Å². The zero-order valence-electron chi connectivity index (χ0n) is 31.6. The number of nitrogens with one attached hydrogen (secondary N) is 7. The van der Waals surface area contributed by atoms with Gasteiger partial charge in [-0.2, -0.15) is 0 Å². The molecule has 2 aromatic carbocycles. The van der Waals surface area contributed by atoms with Gasteiger partial charge in [0, 0.05) is 13.1 Å². The highest BCUT2D eigenvalue weighted by atomic mass is 16.6. The first-order chi connectivity index (χ1) is 26.6. The Kier molecular flexibility index (Phi) is 20.3. The molecule has 0 radical (unpaired) electrons. The molecule has 0 aliphatic carbocycles. The van der Waals surface area contributed by atoms with Gasteiger partial charge >= 0.3 is 24.2 Å². The molecular formula is C37H51N7O12. The van der Waals surface area contributed by atoms with Crippen LogP contribution in [0.15, 0.2) is 60.7 Å². The third kappa shape index (κ3) is 21.3. The molecule has 306 valence electrons. The standard InChI is InChI=1S/C37H51N7O12/c1-37(2,3)56-36(53)44-28(17-11-19-39-35(52)55-24-26-14-8-5-9-15-26)33(50)41-20-29(45)40-21-30(46)43-27(32(49)42-22-31(47)48)16-10-18-38-34(51)54-23-25-12-6-4-7-13-25/h4-9,12-15,27-28H,10-11,16-24H2,1-3H3,(H,38,51)(H,39,52)(H,40,45)(H,41,50)(H,42,49)(H,43,46)(H,44,53)(H,47,48)/t27-,28-/m0/s1. The summed E-state index contributed by atoms with van der Waals surface area (Å²) in [5, 5.41) is 25.8. The fourth-order valence-corrected chi connectivity index (χ4v) is 4.59. The Balaban J connectivity index is 1.82. The Morgan fingerprint density at radius 2 is 1.02 bits per heavy atom. The first-order valence-electron chi connectivity index (χ1n) is 17.8. The number of carbonyl (C=O) groups excluding carboxylic acids is 7. The summed E-state index contributed by atoms with van der Waals surface area (Å²) in [5.41, 5.74) is 0.726. The molecule has 0 aliphatic rings. The summed E-state index contributed by atoms with van der Waals surface area (Å²) in [6.07, 6.45) is -1.78. The fraction of sp³-hybridized carbons (Fsp3) is 0.459. The Hall–Kier alpha value is -6.40. The zero-order chi connectivity index (χ0) is 41.3. The van der Waals surface area contributed by atoms with E-state index in [9.17, 15) is 38.4 Å². The molecule has 0 saturated heterocycles. The van der Waals surface area contributed by atoms with Crippen LogP contribution in [0.5, 0.6) is 0 Å². The molecule has 56 heavy (non-hydrogen) atoms. The minimum absolute atomic E-state index is 0.00338. The van der Waals surface area contributed by atoms with Crippen molar-refractivity contribution in [3.8, 4) is 0 Å². The summed E-state index contributed by atoms with van der Waals surface area (Å²) < 4.78 is 15.5. The van der Waals surface area contributed by atoms with Gasteiger partial charge in [-0.15, -0.1) is 0 Å². The SMILES string of the molecule is CC(C)(C)OC(=O)N[C@@H](CCCNC(=O)OCc1ccccc1)C(=O)NCC(=O)NCC(=O)N[C@@H](CCCNC(=O)OCc1ccccc1)C(=O)NCC(=O)O. The van der Waals surface area contributed by atoms with Crippen LogP contribution in [0.2, 0.25) is 0 Å². The van der Waals surface area contributed by atoms with Crippen LogP contribution in [0.4, 0.5) is 14.4 Å². The van der Waals surface area contributed by atoms with Crippen LogP contribution in [0, 0.1) is 0 Å². The lowest BCUT2D eigenvalue weighted by Gasteiger charge is -2.23. The van der Waals surface area contributed by atoms with E-state index in [0.717, 1.165) is 11.1 Å². The van der Waals surface area contributed by atoms with E-state index in [1.54, 1.807) is 57.2 Å². The number of benzene rings is 2. The second-order valence-electron chi connectivity index (χ2n) is 13.2. The molecule has 0 heterocycles. The zero-order valence-corrected chi connectivity index (χ0v) is 31.6. The number of hydrogen-bond donors (Lipinski definition) is 8. The van der Waals surface area contributed by atoms with E-state index >= 15 is 0 Å². The normalized spacial score (nSPS) is 11.7. The van der Waals surface area contributed by atoms with Gasteiger partial charge in [-0.3, -0.25) is 24.0 Å². The monoisotopic (exact) mass is 785 g/mol. The summed E-state index contributed by atoms with van der Waals surface area (Å²) in [4.78, 5) is 98.3. The van der Waals surface area contributed by atoms with E-state index in [2.05, 4.69) is 37.2 Å². The van der Waals surface area contributed by atoms with Crippen LogP contribution in [0.1, 0.15) is 57.6 Å². The van der Waals surface area contributed by atoms with Crippen molar-refractivity contribution in [3.63, 3.8) is 0 Å². The topological polar surface area (TPSA) is 269 Å². The predicted octanol–water partition coefficient (Wildman–Crippen LogP) is 1.21. The van der Waals surface area contributed by atoms with Gasteiger partial charge in [0.15, 0.2) is 0 Å². The molecule has 2 aromatic rings. The molecule has 0 unspecified atom stereocenters. The van der Waals surface area contributed by atoms with E-state index in [1.165, 1.54) is 0 Å². The average Bonchev–Trinajstić information content (AvgIpc) is 3.15. The minimum Gasteiger partial charge on any atom is -0.480 e.